The first-order valence-electron chi connectivity index (χ1n) is 9.10. The fraction of sp³-hybridized carbons (Fsp3) is 0.286. The Hall–Kier alpha value is -3.13. The molecule has 0 radical (unpaired) electrons. The predicted octanol–water partition coefficient (Wildman–Crippen LogP) is 4.64. The predicted molar refractivity (Wildman–Crippen MR) is 116 cm³/mol. The summed E-state index contributed by atoms with van der Waals surface area (Å²) in [6.07, 6.45) is 1.75. The molecule has 0 atom stereocenters. The minimum atomic E-state index is 0.379. The van der Waals surface area contributed by atoms with Gasteiger partial charge in [-0.1, -0.05) is 38.1 Å². The minimum absolute atomic E-state index is 0.379. The molecule has 0 bridgehead atoms. The summed E-state index contributed by atoms with van der Waals surface area (Å²) in [7, 11) is 4.69. The van der Waals surface area contributed by atoms with Crippen molar-refractivity contribution in [1.29, 1.82) is 0 Å². The van der Waals surface area contributed by atoms with Crippen molar-refractivity contribution < 1.29 is 14.2 Å². The van der Waals surface area contributed by atoms with Gasteiger partial charge in [-0.05, 0) is 41.4 Å². The van der Waals surface area contributed by atoms with Crippen molar-refractivity contribution in [2.75, 3.05) is 21.3 Å². The van der Waals surface area contributed by atoms with Crippen LogP contribution in [-0.4, -0.2) is 42.4 Å². The van der Waals surface area contributed by atoms with Crippen molar-refractivity contribution in [2.24, 2.45) is 5.10 Å². The van der Waals surface area contributed by atoms with E-state index >= 15 is 0 Å². The Kier molecular flexibility index (Phi) is 6.33. The van der Waals surface area contributed by atoms with Crippen LogP contribution in [-0.2, 0) is 0 Å². The van der Waals surface area contributed by atoms with E-state index in [-0.39, 0.29) is 0 Å². The van der Waals surface area contributed by atoms with Crippen LogP contribution in [0.4, 0.5) is 0 Å². The molecule has 3 rings (SSSR count). The van der Waals surface area contributed by atoms with Crippen molar-refractivity contribution in [3.8, 4) is 28.6 Å². The van der Waals surface area contributed by atoms with Crippen LogP contribution >= 0.6 is 12.2 Å². The molecule has 7 nitrogen and oxygen atoms in total. The highest BCUT2D eigenvalue weighted by Gasteiger charge is 2.17. The molecule has 1 heterocycles. The fourth-order valence-corrected chi connectivity index (χ4v) is 3.07. The lowest BCUT2D eigenvalue weighted by Gasteiger charge is -2.13. The number of nitrogens with zero attached hydrogens (tertiary/aromatic N) is 3. The molecule has 3 aromatic rings. The number of aromatic nitrogens is 3. The molecular weight excluding hydrogens is 388 g/mol. The zero-order chi connectivity index (χ0) is 21.0. The molecule has 0 amide bonds. The van der Waals surface area contributed by atoms with E-state index in [0.717, 1.165) is 11.1 Å². The second-order valence-electron chi connectivity index (χ2n) is 6.64. The van der Waals surface area contributed by atoms with Gasteiger partial charge in [0.05, 0.1) is 27.5 Å². The number of nitrogens with one attached hydrogen (secondary N) is 1. The third kappa shape index (κ3) is 4.32. The van der Waals surface area contributed by atoms with Crippen molar-refractivity contribution >= 4 is 18.4 Å². The summed E-state index contributed by atoms with van der Waals surface area (Å²) < 4.78 is 18.2. The maximum atomic E-state index is 5.43. The Bertz CT molecular complexity index is 1040. The van der Waals surface area contributed by atoms with Gasteiger partial charge in [0.15, 0.2) is 17.3 Å². The number of H-pyrrole nitrogens is 1. The highest BCUT2D eigenvalue weighted by Crippen LogP contribution is 2.40. The van der Waals surface area contributed by atoms with Gasteiger partial charge in [0.2, 0.25) is 10.5 Å². The third-order valence-electron chi connectivity index (χ3n) is 4.50. The Morgan fingerprint density at radius 1 is 1.03 bits per heavy atom. The van der Waals surface area contributed by atoms with Crippen LogP contribution < -0.4 is 14.2 Å². The molecule has 0 aliphatic carbocycles. The Morgan fingerprint density at radius 2 is 1.66 bits per heavy atom. The van der Waals surface area contributed by atoms with Crippen LogP contribution in [0.1, 0.15) is 30.9 Å². The highest BCUT2D eigenvalue weighted by atomic mass is 32.1. The molecule has 0 saturated carbocycles. The maximum absolute atomic E-state index is 5.43. The largest absolute Gasteiger partial charge is 0.493 e. The normalized spacial score (nSPS) is 11.2. The number of benzene rings is 2. The second-order valence-corrected chi connectivity index (χ2v) is 7.03. The fourth-order valence-electron chi connectivity index (χ4n) is 2.89. The van der Waals surface area contributed by atoms with E-state index in [2.05, 4.69) is 41.3 Å². The molecular formula is C21H24N4O3S. The van der Waals surface area contributed by atoms with Gasteiger partial charge in [0.1, 0.15) is 0 Å². The van der Waals surface area contributed by atoms with Crippen LogP contribution in [0.3, 0.4) is 0 Å². The van der Waals surface area contributed by atoms with E-state index in [0.29, 0.717) is 33.8 Å². The number of aromatic amines is 1. The lowest BCUT2D eigenvalue weighted by atomic mass is 10.0. The molecule has 0 spiro atoms. The molecule has 29 heavy (non-hydrogen) atoms. The van der Waals surface area contributed by atoms with E-state index in [9.17, 15) is 0 Å². The summed E-state index contributed by atoms with van der Waals surface area (Å²) in [5.41, 5.74) is 2.97. The molecule has 8 heteroatoms. The van der Waals surface area contributed by atoms with E-state index in [1.54, 1.807) is 44.4 Å². The minimum Gasteiger partial charge on any atom is -0.493 e. The van der Waals surface area contributed by atoms with E-state index in [4.69, 9.17) is 26.4 Å². The average Bonchev–Trinajstić information content (AvgIpc) is 3.11. The van der Waals surface area contributed by atoms with Crippen molar-refractivity contribution in [1.82, 2.24) is 14.9 Å². The first kappa shape index (κ1) is 20.6. The lowest BCUT2D eigenvalue weighted by Crippen LogP contribution is -1.99. The standard InChI is InChI=1S/C21H24N4O3S/c1-13(2)15-8-6-14(7-9-15)12-22-25-20(23-24-21(25)29)16-10-17(26-3)19(28-5)18(11-16)27-4/h6-13H,1-5H3,(H,24,29)/b22-12-. The monoisotopic (exact) mass is 412 g/mol. The number of hydrogen-bond acceptors (Lipinski definition) is 6. The van der Waals surface area contributed by atoms with Crippen LogP contribution in [0.5, 0.6) is 17.2 Å². The Labute approximate surface area is 174 Å². The molecule has 1 N–H and O–H groups in total. The third-order valence-corrected chi connectivity index (χ3v) is 4.76. The quantitative estimate of drug-likeness (QED) is 0.452. The highest BCUT2D eigenvalue weighted by molar-refractivity contribution is 7.71. The molecule has 0 unspecified atom stereocenters. The zero-order valence-electron chi connectivity index (χ0n) is 17.1. The SMILES string of the molecule is COc1cc(-c2n[nH]c(=S)n2/N=C\c2ccc(C(C)C)cc2)cc(OC)c1OC. The first-order valence-corrected chi connectivity index (χ1v) is 9.51. The Balaban J connectivity index is 2.01. The van der Waals surface area contributed by atoms with Crippen molar-refractivity contribution in [3.63, 3.8) is 0 Å². The summed E-state index contributed by atoms with van der Waals surface area (Å²) in [4.78, 5) is 0. The molecule has 152 valence electrons. The van der Waals surface area contributed by atoms with E-state index in [1.165, 1.54) is 5.56 Å². The van der Waals surface area contributed by atoms with Crippen LogP contribution in [0.15, 0.2) is 41.5 Å². The topological polar surface area (TPSA) is 73.7 Å². The number of ether oxygens (including phenoxy) is 3. The molecule has 0 fully saturated rings. The summed E-state index contributed by atoms with van der Waals surface area (Å²) in [5.74, 6) is 2.57. The smallest absolute Gasteiger partial charge is 0.216 e. The summed E-state index contributed by atoms with van der Waals surface area (Å²) in [6.45, 7) is 4.33. The summed E-state index contributed by atoms with van der Waals surface area (Å²) in [5, 5.41) is 11.6. The first-order chi connectivity index (χ1) is 14.0. The van der Waals surface area contributed by atoms with Crippen molar-refractivity contribution in [3.05, 3.63) is 52.3 Å². The number of hydrogen-bond donors (Lipinski definition) is 1. The summed E-state index contributed by atoms with van der Waals surface area (Å²) in [6, 6.07) is 11.9. The average molecular weight is 413 g/mol. The maximum Gasteiger partial charge on any atom is 0.216 e. The van der Waals surface area contributed by atoms with Crippen LogP contribution in [0.2, 0.25) is 0 Å². The van der Waals surface area contributed by atoms with Gasteiger partial charge < -0.3 is 14.2 Å². The molecule has 0 aliphatic heterocycles. The van der Waals surface area contributed by atoms with Gasteiger partial charge in [-0.15, -0.1) is 0 Å². The van der Waals surface area contributed by atoms with Gasteiger partial charge in [-0.25, -0.2) is 5.10 Å². The zero-order valence-corrected chi connectivity index (χ0v) is 17.9. The Morgan fingerprint density at radius 3 is 2.17 bits per heavy atom. The molecule has 2 aromatic carbocycles. The molecule has 0 saturated heterocycles. The van der Waals surface area contributed by atoms with E-state index < -0.39 is 0 Å². The van der Waals surface area contributed by atoms with Crippen LogP contribution in [0.25, 0.3) is 11.4 Å². The van der Waals surface area contributed by atoms with Crippen LogP contribution in [0, 0.1) is 4.77 Å². The molecule has 1 aromatic heterocycles. The van der Waals surface area contributed by atoms with Gasteiger partial charge in [0, 0.05) is 5.56 Å². The summed E-state index contributed by atoms with van der Waals surface area (Å²) >= 11 is 5.36. The lowest BCUT2D eigenvalue weighted by molar-refractivity contribution is 0.324. The molecule has 0 aliphatic rings. The van der Waals surface area contributed by atoms with Gasteiger partial charge >= 0.3 is 0 Å². The van der Waals surface area contributed by atoms with E-state index in [1.807, 2.05) is 12.1 Å². The number of methoxy groups -OCH3 is 3. The van der Waals surface area contributed by atoms with Gasteiger partial charge in [0.25, 0.3) is 0 Å². The number of rotatable bonds is 7. The van der Waals surface area contributed by atoms with Gasteiger partial charge in [-0.3, -0.25) is 0 Å². The van der Waals surface area contributed by atoms with Crippen molar-refractivity contribution in [2.45, 2.75) is 19.8 Å². The second kappa shape index (κ2) is 8.91. The van der Waals surface area contributed by atoms with Gasteiger partial charge in [-0.2, -0.15) is 14.9 Å².